The van der Waals surface area contributed by atoms with Crippen LogP contribution in [-0.2, 0) is 6.42 Å². The Labute approximate surface area is 105 Å². The summed E-state index contributed by atoms with van der Waals surface area (Å²) >= 11 is 3.45. The van der Waals surface area contributed by atoms with E-state index < -0.39 is 0 Å². The van der Waals surface area contributed by atoms with E-state index in [1.54, 1.807) is 7.11 Å². The van der Waals surface area contributed by atoms with Crippen LogP contribution in [0.4, 0.5) is 0 Å². The predicted molar refractivity (Wildman–Crippen MR) is 69.1 cm³/mol. The molecule has 0 bridgehead atoms. The van der Waals surface area contributed by atoms with E-state index in [1.807, 2.05) is 26.8 Å². The van der Waals surface area contributed by atoms with E-state index in [0.29, 0.717) is 12.2 Å². The van der Waals surface area contributed by atoms with Gasteiger partial charge in [0.15, 0.2) is 11.5 Å². The Morgan fingerprint density at radius 1 is 1.50 bits per heavy atom. The van der Waals surface area contributed by atoms with Crippen LogP contribution in [0.1, 0.15) is 25.0 Å². The van der Waals surface area contributed by atoms with Crippen molar-refractivity contribution in [2.45, 2.75) is 32.7 Å². The molecule has 0 saturated carbocycles. The van der Waals surface area contributed by atoms with E-state index in [0.717, 1.165) is 15.6 Å². The summed E-state index contributed by atoms with van der Waals surface area (Å²) in [6, 6.07) is 1.89. The number of aromatic hydroxyl groups is 1. The summed E-state index contributed by atoms with van der Waals surface area (Å²) in [4.78, 5) is 0. The minimum atomic E-state index is -0.364. The normalized spacial score (nSPS) is 11.6. The third-order valence-corrected chi connectivity index (χ3v) is 3.19. The third-order valence-electron chi connectivity index (χ3n) is 2.37. The molecule has 90 valence electrons. The van der Waals surface area contributed by atoms with Crippen LogP contribution in [0.2, 0.25) is 0 Å². The van der Waals surface area contributed by atoms with E-state index in [4.69, 9.17) is 10.5 Å². The minimum absolute atomic E-state index is 0.182. The fraction of sp³-hybridized carbons (Fsp3) is 0.500. The highest BCUT2D eigenvalue weighted by atomic mass is 79.9. The van der Waals surface area contributed by atoms with Crippen molar-refractivity contribution in [3.05, 3.63) is 21.7 Å². The molecule has 1 rings (SSSR count). The van der Waals surface area contributed by atoms with Crippen LogP contribution in [0, 0.1) is 6.92 Å². The Morgan fingerprint density at radius 3 is 2.50 bits per heavy atom. The maximum Gasteiger partial charge on any atom is 0.164 e. The van der Waals surface area contributed by atoms with Crippen molar-refractivity contribution in [2.24, 2.45) is 5.73 Å². The highest BCUT2D eigenvalue weighted by Gasteiger charge is 2.19. The average molecular weight is 288 g/mol. The first-order chi connectivity index (χ1) is 7.26. The highest BCUT2D eigenvalue weighted by Crippen LogP contribution is 2.39. The van der Waals surface area contributed by atoms with Crippen LogP contribution in [0.5, 0.6) is 11.5 Å². The molecule has 1 aromatic rings. The van der Waals surface area contributed by atoms with Gasteiger partial charge in [-0.15, -0.1) is 0 Å². The van der Waals surface area contributed by atoms with Gasteiger partial charge in [0, 0.05) is 21.1 Å². The summed E-state index contributed by atoms with van der Waals surface area (Å²) in [5.74, 6) is 0.690. The first-order valence-corrected chi connectivity index (χ1v) is 5.89. The van der Waals surface area contributed by atoms with Crippen LogP contribution in [0.15, 0.2) is 10.5 Å². The molecule has 0 amide bonds. The van der Waals surface area contributed by atoms with Crippen molar-refractivity contribution in [1.82, 2.24) is 0 Å². The molecule has 0 unspecified atom stereocenters. The largest absolute Gasteiger partial charge is 0.504 e. The molecule has 3 N–H and O–H groups in total. The third kappa shape index (κ3) is 2.89. The number of benzene rings is 1. The summed E-state index contributed by atoms with van der Waals surface area (Å²) in [6.45, 7) is 5.74. The molecule has 0 radical (unpaired) electrons. The van der Waals surface area contributed by atoms with E-state index >= 15 is 0 Å². The number of hydrogen-bond acceptors (Lipinski definition) is 3. The molecule has 0 spiro atoms. The lowest BCUT2D eigenvalue weighted by molar-refractivity contribution is 0.364. The molecule has 0 aliphatic carbocycles. The monoisotopic (exact) mass is 287 g/mol. The van der Waals surface area contributed by atoms with Gasteiger partial charge in [0.25, 0.3) is 0 Å². The van der Waals surface area contributed by atoms with Gasteiger partial charge in [-0.2, -0.15) is 0 Å². The van der Waals surface area contributed by atoms with E-state index in [-0.39, 0.29) is 11.3 Å². The summed E-state index contributed by atoms with van der Waals surface area (Å²) < 4.78 is 6.11. The standard InChI is InChI=1S/C12H18BrNO2/c1-7-9(13)5-8(6-12(2,3)14)10(15)11(7)16-4/h5,15H,6,14H2,1-4H3. The maximum atomic E-state index is 10.1. The molecule has 16 heavy (non-hydrogen) atoms. The van der Waals surface area contributed by atoms with Gasteiger partial charge in [-0.1, -0.05) is 15.9 Å². The number of hydrogen-bond donors (Lipinski definition) is 2. The number of halogens is 1. The molecule has 4 heteroatoms. The fourth-order valence-corrected chi connectivity index (χ4v) is 2.09. The van der Waals surface area contributed by atoms with Crippen LogP contribution in [-0.4, -0.2) is 17.8 Å². The molecular formula is C12H18BrNO2. The van der Waals surface area contributed by atoms with Crippen LogP contribution >= 0.6 is 15.9 Å². The molecule has 0 aromatic heterocycles. The predicted octanol–water partition coefficient (Wildman–Crippen LogP) is 2.75. The second-order valence-corrected chi connectivity index (χ2v) is 5.54. The number of ether oxygens (including phenoxy) is 1. The van der Waals surface area contributed by atoms with Gasteiger partial charge in [0.05, 0.1) is 7.11 Å². The number of nitrogens with two attached hydrogens (primary N) is 1. The minimum Gasteiger partial charge on any atom is -0.504 e. The Balaban J connectivity index is 3.26. The van der Waals surface area contributed by atoms with Gasteiger partial charge in [0.1, 0.15) is 0 Å². The molecule has 0 aliphatic rings. The van der Waals surface area contributed by atoms with Gasteiger partial charge in [-0.05, 0) is 33.3 Å². The smallest absolute Gasteiger partial charge is 0.164 e. The number of methoxy groups -OCH3 is 1. The molecule has 3 nitrogen and oxygen atoms in total. The lowest BCUT2D eigenvalue weighted by atomic mass is 9.94. The van der Waals surface area contributed by atoms with E-state index in [2.05, 4.69) is 15.9 Å². The van der Waals surface area contributed by atoms with Gasteiger partial charge in [0.2, 0.25) is 0 Å². The Hall–Kier alpha value is -0.740. The average Bonchev–Trinajstić information content (AvgIpc) is 2.13. The molecule has 0 aliphatic heterocycles. The molecule has 1 aromatic carbocycles. The first-order valence-electron chi connectivity index (χ1n) is 5.10. The molecule has 0 atom stereocenters. The zero-order valence-corrected chi connectivity index (χ0v) is 11.7. The van der Waals surface area contributed by atoms with E-state index in [1.165, 1.54) is 0 Å². The van der Waals surface area contributed by atoms with Crippen LogP contribution in [0.25, 0.3) is 0 Å². The van der Waals surface area contributed by atoms with Crippen molar-refractivity contribution in [3.8, 4) is 11.5 Å². The molecular weight excluding hydrogens is 270 g/mol. The summed E-state index contributed by atoms with van der Waals surface area (Å²) in [6.07, 6.45) is 0.591. The summed E-state index contributed by atoms with van der Waals surface area (Å²) in [7, 11) is 1.55. The van der Waals surface area contributed by atoms with Crippen molar-refractivity contribution >= 4 is 15.9 Å². The molecule has 0 heterocycles. The van der Waals surface area contributed by atoms with Crippen molar-refractivity contribution < 1.29 is 9.84 Å². The van der Waals surface area contributed by atoms with Crippen molar-refractivity contribution in [1.29, 1.82) is 0 Å². The van der Waals surface area contributed by atoms with Crippen LogP contribution in [0.3, 0.4) is 0 Å². The number of rotatable bonds is 3. The lowest BCUT2D eigenvalue weighted by Gasteiger charge is -2.21. The quantitative estimate of drug-likeness (QED) is 0.899. The number of phenols is 1. The zero-order chi connectivity index (χ0) is 12.5. The van der Waals surface area contributed by atoms with Crippen molar-refractivity contribution in [3.63, 3.8) is 0 Å². The fourth-order valence-electron chi connectivity index (χ4n) is 1.64. The van der Waals surface area contributed by atoms with Gasteiger partial charge >= 0.3 is 0 Å². The first kappa shape index (κ1) is 13.3. The molecule has 0 fully saturated rings. The second kappa shape index (κ2) is 4.63. The Bertz CT molecular complexity index is 397. The van der Waals surface area contributed by atoms with E-state index in [9.17, 15) is 5.11 Å². The van der Waals surface area contributed by atoms with Gasteiger partial charge < -0.3 is 15.6 Å². The summed E-state index contributed by atoms with van der Waals surface area (Å²) in [5.41, 5.74) is 7.27. The maximum absolute atomic E-state index is 10.1. The van der Waals surface area contributed by atoms with Crippen LogP contribution < -0.4 is 10.5 Å². The topological polar surface area (TPSA) is 55.5 Å². The summed E-state index contributed by atoms with van der Waals surface area (Å²) in [5, 5.41) is 10.1. The molecule has 0 saturated heterocycles. The second-order valence-electron chi connectivity index (χ2n) is 4.69. The Morgan fingerprint density at radius 2 is 2.06 bits per heavy atom. The SMILES string of the molecule is COc1c(C)c(Br)cc(CC(C)(C)N)c1O. The Kier molecular flexibility index (Phi) is 3.86. The zero-order valence-electron chi connectivity index (χ0n) is 10.1. The van der Waals surface area contributed by atoms with Gasteiger partial charge in [-0.25, -0.2) is 0 Å². The number of phenolic OH excluding ortho intramolecular Hbond substituents is 1. The lowest BCUT2D eigenvalue weighted by Crippen LogP contribution is -2.34. The van der Waals surface area contributed by atoms with Crippen molar-refractivity contribution in [2.75, 3.05) is 7.11 Å². The highest BCUT2D eigenvalue weighted by molar-refractivity contribution is 9.10. The van der Waals surface area contributed by atoms with Gasteiger partial charge in [-0.3, -0.25) is 0 Å².